The van der Waals surface area contributed by atoms with Crippen molar-refractivity contribution in [1.29, 1.82) is 0 Å². The van der Waals surface area contributed by atoms with Gasteiger partial charge in [-0.2, -0.15) is 0 Å². The molecule has 16 aromatic rings. The van der Waals surface area contributed by atoms with Crippen LogP contribution in [0.4, 0.5) is 51.2 Å². The van der Waals surface area contributed by atoms with Crippen molar-refractivity contribution in [2.45, 2.75) is 6.42 Å². The molecule has 1 aliphatic heterocycles. The summed E-state index contributed by atoms with van der Waals surface area (Å²) in [7, 11) is 0. The van der Waals surface area contributed by atoms with Crippen LogP contribution in [0.5, 0.6) is 0 Å². The Morgan fingerprint density at radius 3 is 1.08 bits per heavy atom. The largest absolute Gasteiger partial charge is 0.310 e. The van der Waals surface area contributed by atoms with Crippen LogP contribution in [0.1, 0.15) is 11.1 Å². The fraction of sp³-hybridized carbons (Fsp3) is 0.0122. The van der Waals surface area contributed by atoms with Gasteiger partial charge < -0.3 is 19.3 Å². The molecule has 0 atom stereocenters. The lowest BCUT2D eigenvalue weighted by molar-refractivity contribution is 1.08. The van der Waals surface area contributed by atoms with Crippen molar-refractivity contribution in [2.24, 2.45) is 0 Å². The van der Waals surface area contributed by atoms with Crippen LogP contribution in [-0.4, -0.2) is 9.55 Å². The number of hydrogen-bond donors (Lipinski definition) is 0. The molecular weight excluding hydrogens is 1050 g/mol. The van der Waals surface area contributed by atoms with Gasteiger partial charge in [-0.25, -0.2) is 0 Å². The molecule has 0 fully saturated rings. The van der Waals surface area contributed by atoms with E-state index in [1.807, 2.05) is 12.4 Å². The molecule has 0 bridgehead atoms. The summed E-state index contributed by atoms with van der Waals surface area (Å²) in [6.07, 6.45) is 4.94. The van der Waals surface area contributed by atoms with Gasteiger partial charge in [0.05, 0.1) is 11.0 Å². The van der Waals surface area contributed by atoms with E-state index >= 15 is 0 Å². The summed E-state index contributed by atoms with van der Waals surface area (Å²) in [5.74, 6) is 0. The van der Waals surface area contributed by atoms with E-state index < -0.39 is 0 Å². The van der Waals surface area contributed by atoms with Gasteiger partial charge in [-0.1, -0.05) is 194 Å². The summed E-state index contributed by atoms with van der Waals surface area (Å²) in [6, 6.07) is 114. The Kier molecular flexibility index (Phi) is 11.9. The first-order valence-corrected chi connectivity index (χ1v) is 29.8. The molecular formula is C82H55N5. The van der Waals surface area contributed by atoms with E-state index in [0.717, 1.165) is 85.2 Å². The predicted octanol–water partition coefficient (Wildman–Crippen LogP) is 22.4. The average Bonchev–Trinajstić information content (AvgIpc) is 2.03. The Morgan fingerprint density at radius 1 is 0.264 bits per heavy atom. The third-order valence-electron chi connectivity index (χ3n) is 17.6. The van der Waals surface area contributed by atoms with Gasteiger partial charge in [0.15, 0.2) is 0 Å². The van der Waals surface area contributed by atoms with Crippen molar-refractivity contribution >= 4 is 116 Å². The molecule has 1 aliphatic rings. The van der Waals surface area contributed by atoms with Crippen molar-refractivity contribution in [3.63, 3.8) is 0 Å². The second kappa shape index (κ2) is 20.7. The molecule has 0 spiro atoms. The van der Waals surface area contributed by atoms with Crippen molar-refractivity contribution in [3.05, 3.63) is 333 Å². The molecule has 5 heteroatoms. The van der Waals surface area contributed by atoms with Crippen LogP contribution in [0.25, 0.3) is 92.8 Å². The van der Waals surface area contributed by atoms with Crippen LogP contribution in [0, 0.1) is 0 Å². The number of hydrogen-bond acceptors (Lipinski definition) is 4. The van der Waals surface area contributed by atoms with E-state index in [1.165, 1.54) is 76.4 Å². The van der Waals surface area contributed by atoms with Gasteiger partial charge >= 0.3 is 0 Å². The second-order valence-electron chi connectivity index (χ2n) is 22.9. The highest BCUT2D eigenvalue weighted by molar-refractivity contribution is 6.09. The molecule has 5 nitrogen and oxygen atoms in total. The minimum absolute atomic E-state index is 0.869. The van der Waals surface area contributed by atoms with Crippen LogP contribution < -0.4 is 14.7 Å². The molecule has 14 aromatic carbocycles. The van der Waals surface area contributed by atoms with Crippen molar-refractivity contribution in [2.75, 3.05) is 14.7 Å². The third kappa shape index (κ3) is 8.83. The van der Waals surface area contributed by atoms with Crippen LogP contribution in [0.15, 0.2) is 322 Å². The standard InChI is InChI=1S/C82H55N5/c1-5-21-59-43-69(37-33-55(59)17-1)84(70-38-34-56-18-2-6-22-60(56)44-70)73-47-65(48-74(51-73)85(71-39-35-57-19-3-7-23-61(57)45-71)72-40-36-58-20-4-8-24-62(58)46-72)67-42-68(54-83-53-67)66-49-75(86-79-29-13-9-25-63(79)41-64-26-10-14-30-80(64)86)52-76(50-66)87-81-31-15-11-27-77(81)78-28-12-16-32-82(78)87/h1-40,42-54H,41H2. The Morgan fingerprint density at radius 2 is 0.632 bits per heavy atom. The van der Waals surface area contributed by atoms with Crippen molar-refractivity contribution in [1.82, 2.24) is 9.55 Å². The summed E-state index contributed by atoms with van der Waals surface area (Å²) in [5.41, 5.74) is 19.7. The van der Waals surface area contributed by atoms with Crippen molar-refractivity contribution in [3.8, 4) is 27.9 Å². The van der Waals surface area contributed by atoms with E-state index in [-0.39, 0.29) is 0 Å². The minimum Gasteiger partial charge on any atom is -0.310 e. The second-order valence-corrected chi connectivity index (χ2v) is 22.9. The number of anilines is 9. The smallest absolute Gasteiger partial charge is 0.0541 e. The molecule has 0 unspecified atom stereocenters. The molecule has 0 saturated heterocycles. The normalized spacial score (nSPS) is 12.1. The average molecular weight is 1110 g/mol. The number of rotatable bonds is 10. The summed E-state index contributed by atoms with van der Waals surface area (Å²) < 4.78 is 2.44. The van der Waals surface area contributed by atoms with E-state index in [9.17, 15) is 0 Å². The number of fused-ring (bicyclic) bond motifs is 9. The zero-order valence-electron chi connectivity index (χ0n) is 47.5. The van der Waals surface area contributed by atoms with E-state index in [4.69, 9.17) is 4.98 Å². The monoisotopic (exact) mass is 1110 g/mol. The van der Waals surface area contributed by atoms with E-state index in [0.29, 0.717) is 0 Å². The SMILES string of the molecule is c1ccc2c(c1)Cc1ccccc1N2c1cc(-c2cncc(-c3cc(N(c4ccc5ccccc5c4)c4ccc5ccccc5c4)cc(N(c4ccc5ccccc5c4)c4ccc5ccccc5c4)c3)c2)cc(-n2c3ccccc3c3ccccc32)c1. The van der Waals surface area contributed by atoms with E-state index in [2.05, 4.69) is 329 Å². The Balaban J connectivity index is 0.915. The molecule has 3 heterocycles. The zero-order valence-corrected chi connectivity index (χ0v) is 47.5. The molecule has 17 rings (SSSR count). The lowest BCUT2D eigenvalue weighted by atomic mass is 9.94. The molecule has 0 N–H and O–H groups in total. The van der Waals surface area contributed by atoms with Gasteiger partial charge in [0, 0.05) is 97.6 Å². The summed E-state index contributed by atoms with van der Waals surface area (Å²) >= 11 is 0. The lowest BCUT2D eigenvalue weighted by Gasteiger charge is -2.34. The molecule has 0 radical (unpaired) electrons. The predicted molar refractivity (Wildman–Crippen MR) is 366 cm³/mol. The first-order chi connectivity index (χ1) is 43.1. The van der Waals surface area contributed by atoms with Gasteiger partial charge in [-0.15, -0.1) is 0 Å². The number of nitrogens with zero attached hydrogens (tertiary/aromatic N) is 5. The van der Waals surface area contributed by atoms with Crippen molar-refractivity contribution < 1.29 is 0 Å². The van der Waals surface area contributed by atoms with Gasteiger partial charge in [0.1, 0.15) is 0 Å². The van der Waals surface area contributed by atoms with Crippen LogP contribution >= 0.6 is 0 Å². The quantitative estimate of drug-likeness (QED) is 0.136. The van der Waals surface area contributed by atoms with E-state index in [1.54, 1.807) is 0 Å². The third-order valence-corrected chi connectivity index (χ3v) is 17.6. The maximum absolute atomic E-state index is 5.21. The highest BCUT2D eigenvalue weighted by Crippen LogP contribution is 2.49. The van der Waals surface area contributed by atoms with Gasteiger partial charge in [-0.3, -0.25) is 4.98 Å². The molecule has 0 amide bonds. The molecule has 0 aliphatic carbocycles. The maximum atomic E-state index is 5.21. The van der Waals surface area contributed by atoms with Gasteiger partial charge in [-0.05, 0) is 181 Å². The van der Waals surface area contributed by atoms with Crippen LogP contribution in [0.2, 0.25) is 0 Å². The summed E-state index contributed by atoms with van der Waals surface area (Å²) in [4.78, 5) is 12.5. The number of para-hydroxylation sites is 4. The molecule has 408 valence electrons. The Hall–Kier alpha value is -11.5. The fourth-order valence-corrected chi connectivity index (χ4v) is 13.5. The first-order valence-electron chi connectivity index (χ1n) is 29.8. The first kappa shape index (κ1) is 50.0. The zero-order chi connectivity index (χ0) is 57.4. The summed E-state index contributed by atoms with van der Waals surface area (Å²) in [6.45, 7) is 0. The highest BCUT2D eigenvalue weighted by Gasteiger charge is 2.27. The Bertz CT molecular complexity index is 4950. The van der Waals surface area contributed by atoms with Crippen LogP contribution in [-0.2, 0) is 6.42 Å². The number of aromatic nitrogens is 2. The minimum atomic E-state index is 0.869. The molecule has 87 heavy (non-hydrogen) atoms. The number of pyridine rings is 1. The van der Waals surface area contributed by atoms with Gasteiger partial charge in [0.2, 0.25) is 0 Å². The molecule has 2 aromatic heterocycles. The topological polar surface area (TPSA) is 27.5 Å². The highest BCUT2D eigenvalue weighted by atomic mass is 15.2. The Labute approximate surface area is 504 Å². The van der Waals surface area contributed by atoms with Crippen LogP contribution in [0.3, 0.4) is 0 Å². The molecule has 0 saturated carbocycles. The maximum Gasteiger partial charge on any atom is 0.0541 e. The fourth-order valence-electron chi connectivity index (χ4n) is 13.5. The van der Waals surface area contributed by atoms with Gasteiger partial charge in [0.25, 0.3) is 0 Å². The lowest BCUT2D eigenvalue weighted by Crippen LogP contribution is -2.18. The number of benzene rings is 14. The summed E-state index contributed by atoms with van der Waals surface area (Å²) in [5, 5.41) is 11.9.